The zero-order valence-corrected chi connectivity index (χ0v) is 20.0. The standard InChI is InChI=1S/C25H30N2O6S/c1-18(28)27-22-11-13-23(14-12-22)34(31,32)26-16-15-25(30)33-17-24(29)21-9-7-20(8-10-21)19-5-3-2-4-6-19/h7-14,19,26H,2-6,15-17H2,1H3,(H,27,28). The van der Waals surface area contributed by atoms with Crippen molar-refractivity contribution >= 4 is 33.4 Å². The maximum absolute atomic E-state index is 12.3. The van der Waals surface area contributed by atoms with E-state index in [0.29, 0.717) is 17.2 Å². The highest BCUT2D eigenvalue weighted by Gasteiger charge is 2.17. The smallest absolute Gasteiger partial charge is 0.307 e. The van der Waals surface area contributed by atoms with Crippen molar-refractivity contribution in [2.45, 2.75) is 56.3 Å². The molecule has 1 aliphatic rings. The summed E-state index contributed by atoms with van der Waals surface area (Å²) in [6.07, 6.45) is 5.91. The number of Topliss-reactive ketones (excluding diaryl/α,β-unsaturated/α-hetero) is 1. The van der Waals surface area contributed by atoms with Crippen molar-refractivity contribution in [3.63, 3.8) is 0 Å². The Kier molecular flexibility index (Phi) is 8.95. The van der Waals surface area contributed by atoms with Gasteiger partial charge in [-0.1, -0.05) is 43.5 Å². The maximum Gasteiger partial charge on any atom is 0.307 e. The fourth-order valence-electron chi connectivity index (χ4n) is 3.97. The number of carbonyl (C=O) groups is 3. The van der Waals surface area contributed by atoms with Crippen molar-refractivity contribution in [1.29, 1.82) is 0 Å². The van der Waals surface area contributed by atoms with Crippen LogP contribution in [0.1, 0.15) is 67.3 Å². The minimum atomic E-state index is -3.83. The fraction of sp³-hybridized carbons (Fsp3) is 0.400. The van der Waals surface area contributed by atoms with Gasteiger partial charge in [0.2, 0.25) is 15.9 Å². The number of hydrogen-bond acceptors (Lipinski definition) is 6. The molecule has 2 aromatic carbocycles. The molecule has 182 valence electrons. The molecular weight excluding hydrogens is 456 g/mol. The van der Waals surface area contributed by atoms with Crippen LogP contribution < -0.4 is 10.0 Å². The number of benzene rings is 2. The van der Waals surface area contributed by atoms with E-state index in [1.165, 1.54) is 68.9 Å². The Morgan fingerprint density at radius 2 is 1.59 bits per heavy atom. The summed E-state index contributed by atoms with van der Waals surface area (Å²) < 4.78 is 32.0. The van der Waals surface area contributed by atoms with E-state index in [-0.39, 0.29) is 36.2 Å². The third-order valence-electron chi connectivity index (χ3n) is 5.78. The number of nitrogens with one attached hydrogen (secondary N) is 2. The van der Waals surface area contributed by atoms with Gasteiger partial charge in [0.05, 0.1) is 11.3 Å². The summed E-state index contributed by atoms with van der Waals surface area (Å²) in [7, 11) is -3.83. The average molecular weight is 487 g/mol. The monoisotopic (exact) mass is 486 g/mol. The third kappa shape index (κ3) is 7.50. The van der Waals surface area contributed by atoms with Gasteiger partial charge in [-0.3, -0.25) is 14.4 Å². The first-order valence-electron chi connectivity index (χ1n) is 11.4. The Hall–Kier alpha value is -3.04. The lowest BCUT2D eigenvalue weighted by Crippen LogP contribution is -2.27. The molecule has 2 aromatic rings. The fourth-order valence-corrected chi connectivity index (χ4v) is 5.00. The summed E-state index contributed by atoms with van der Waals surface area (Å²) >= 11 is 0. The van der Waals surface area contributed by atoms with E-state index in [9.17, 15) is 22.8 Å². The summed E-state index contributed by atoms with van der Waals surface area (Å²) in [5.74, 6) is -0.684. The van der Waals surface area contributed by atoms with Crippen LogP contribution >= 0.6 is 0 Å². The van der Waals surface area contributed by atoms with Crippen molar-refractivity contribution in [2.75, 3.05) is 18.5 Å². The van der Waals surface area contributed by atoms with Gasteiger partial charge in [0.1, 0.15) is 0 Å². The molecule has 0 unspecified atom stereocenters. The second-order valence-corrected chi connectivity index (χ2v) is 10.2. The number of esters is 1. The van der Waals surface area contributed by atoms with Crippen LogP contribution in [0.5, 0.6) is 0 Å². The first-order valence-corrected chi connectivity index (χ1v) is 12.9. The summed E-state index contributed by atoms with van der Waals surface area (Å²) in [4.78, 5) is 35.3. The molecule has 0 heterocycles. The third-order valence-corrected chi connectivity index (χ3v) is 7.26. The van der Waals surface area contributed by atoms with Crippen LogP contribution in [0.25, 0.3) is 0 Å². The normalized spacial score (nSPS) is 14.4. The highest BCUT2D eigenvalue weighted by molar-refractivity contribution is 7.89. The molecule has 0 bridgehead atoms. The lowest BCUT2D eigenvalue weighted by atomic mass is 9.84. The highest BCUT2D eigenvalue weighted by Crippen LogP contribution is 2.32. The summed E-state index contributed by atoms with van der Waals surface area (Å²) in [5, 5.41) is 2.55. The predicted molar refractivity (Wildman–Crippen MR) is 128 cm³/mol. The maximum atomic E-state index is 12.3. The number of rotatable bonds is 10. The first-order chi connectivity index (χ1) is 16.2. The van der Waals surface area contributed by atoms with Gasteiger partial charge in [0.25, 0.3) is 0 Å². The Balaban J connectivity index is 1.41. The van der Waals surface area contributed by atoms with Crippen molar-refractivity contribution in [3.05, 3.63) is 59.7 Å². The molecule has 0 saturated heterocycles. The molecule has 2 N–H and O–H groups in total. The number of amides is 1. The molecule has 34 heavy (non-hydrogen) atoms. The Morgan fingerprint density at radius 1 is 0.941 bits per heavy atom. The Morgan fingerprint density at radius 3 is 2.21 bits per heavy atom. The Labute approximate surface area is 200 Å². The lowest BCUT2D eigenvalue weighted by Gasteiger charge is -2.22. The molecule has 3 rings (SSSR count). The van der Waals surface area contributed by atoms with Crippen molar-refractivity contribution < 1.29 is 27.5 Å². The highest BCUT2D eigenvalue weighted by atomic mass is 32.2. The minimum Gasteiger partial charge on any atom is -0.457 e. The van der Waals surface area contributed by atoms with Crippen LogP contribution in [0.3, 0.4) is 0 Å². The van der Waals surface area contributed by atoms with E-state index < -0.39 is 16.0 Å². The molecule has 0 aliphatic heterocycles. The number of carbonyl (C=O) groups excluding carboxylic acids is 3. The predicted octanol–water partition coefficient (Wildman–Crippen LogP) is 3.79. The molecule has 0 radical (unpaired) electrons. The molecule has 9 heteroatoms. The van der Waals surface area contributed by atoms with E-state index in [4.69, 9.17) is 4.74 Å². The van der Waals surface area contributed by atoms with Gasteiger partial charge in [-0.2, -0.15) is 0 Å². The zero-order chi connectivity index (χ0) is 24.6. The Bertz CT molecular complexity index is 1110. The van der Waals surface area contributed by atoms with Crippen LogP contribution in [0.15, 0.2) is 53.4 Å². The second-order valence-electron chi connectivity index (χ2n) is 8.39. The number of ether oxygens (including phenoxy) is 1. The van der Waals surface area contributed by atoms with Gasteiger partial charge < -0.3 is 10.1 Å². The molecule has 0 atom stereocenters. The molecule has 1 saturated carbocycles. The first kappa shape index (κ1) is 25.6. The molecular formula is C25H30N2O6S. The van der Waals surface area contributed by atoms with Crippen LogP contribution in [0.2, 0.25) is 0 Å². The molecule has 0 spiro atoms. The van der Waals surface area contributed by atoms with Gasteiger partial charge in [-0.15, -0.1) is 0 Å². The number of sulfonamides is 1. The van der Waals surface area contributed by atoms with Crippen LogP contribution in [0, 0.1) is 0 Å². The average Bonchev–Trinajstić information content (AvgIpc) is 2.83. The van der Waals surface area contributed by atoms with Crippen molar-refractivity contribution in [3.8, 4) is 0 Å². The van der Waals surface area contributed by atoms with Gasteiger partial charge in [0, 0.05) is 24.7 Å². The van der Waals surface area contributed by atoms with Gasteiger partial charge in [-0.05, 0) is 48.6 Å². The van der Waals surface area contributed by atoms with E-state index in [1.54, 1.807) is 12.1 Å². The molecule has 1 amide bonds. The largest absolute Gasteiger partial charge is 0.457 e. The lowest BCUT2D eigenvalue weighted by molar-refractivity contribution is -0.142. The SMILES string of the molecule is CC(=O)Nc1ccc(S(=O)(=O)NCCC(=O)OCC(=O)c2ccc(C3CCCCC3)cc2)cc1. The van der Waals surface area contributed by atoms with E-state index in [2.05, 4.69) is 10.0 Å². The second kappa shape index (κ2) is 11.9. The van der Waals surface area contributed by atoms with Crippen LogP contribution in [0.4, 0.5) is 5.69 Å². The summed E-state index contributed by atoms with van der Waals surface area (Å²) in [6.45, 7) is 0.796. The van der Waals surface area contributed by atoms with E-state index in [0.717, 1.165) is 0 Å². The van der Waals surface area contributed by atoms with Gasteiger partial charge >= 0.3 is 5.97 Å². The van der Waals surface area contributed by atoms with Crippen molar-refractivity contribution in [1.82, 2.24) is 4.72 Å². The van der Waals surface area contributed by atoms with Crippen LogP contribution in [-0.4, -0.2) is 39.2 Å². The number of ketones is 1. The zero-order valence-electron chi connectivity index (χ0n) is 19.2. The summed E-state index contributed by atoms with van der Waals surface area (Å²) in [6, 6.07) is 13.1. The molecule has 8 nitrogen and oxygen atoms in total. The van der Waals surface area contributed by atoms with Gasteiger partial charge in [-0.25, -0.2) is 13.1 Å². The minimum absolute atomic E-state index is 0.00169. The number of hydrogen-bond donors (Lipinski definition) is 2. The van der Waals surface area contributed by atoms with Crippen LogP contribution in [-0.2, 0) is 24.3 Å². The number of anilines is 1. The quantitative estimate of drug-likeness (QED) is 0.390. The molecule has 0 aromatic heterocycles. The summed E-state index contributed by atoms with van der Waals surface area (Å²) in [5.41, 5.74) is 2.20. The van der Waals surface area contributed by atoms with E-state index in [1.807, 2.05) is 12.1 Å². The molecule has 1 aliphatic carbocycles. The van der Waals surface area contributed by atoms with Gasteiger partial charge in [0.15, 0.2) is 12.4 Å². The molecule has 1 fully saturated rings. The topological polar surface area (TPSA) is 119 Å². The van der Waals surface area contributed by atoms with E-state index >= 15 is 0 Å². The van der Waals surface area contributed by atoms with Crippen molar-refractivity contribution in [2.24, 2.45) is 0 Å².